The maximum atomic E-state index is 11.6. The second kappa shape index (κ2) is 9.72. The fourth-order valence-corrected chi connectivity index (χ4v) is 2.82. The molecule has 0 atom stereocenters. The molecule has 5 heteroatoms. The Kier molecular flexibility index (Phi) is 9.66. The van der Waals surface area contributed by atoms with E-state index in [9.17, 15) is 8.42 Å². The minimum absolute atomic E-state index is 0.137. The monoisotopic (exact) mass is 294 g/mol. The van der Waals surface area contributed by atoms with Crippen molar-refractivity contribution in [2.24, 2.45) is 0 Å². The number of unbranched alkanes of at least 4 members (excludes halogenated alkanes) is 5. The maximum Gasteiger partial charge on any atom is 0.267 e. The summed E-state index contributed by atoms with van der Waals surface area (Å²) in [6.45, 7) is 3.38. The van der Waals surface area contributed by atoms with Gasteiger partial charge in [-0.2, -0.15) is 8.42 Å². The quantitative estimate of drug-likeness (QED) is 0.316. The van der Waals surface area contributed by atoms with E-state index in [1.165, 1.54) is 25.7 Å². The smallest absolute Gasteiger partial charge is 0.267 e. The first-order valence-electron chi connectivity index (χ1n) is 7.44. The van der Waals surface area contributed by atoms with Crippen molar-refractivity contribution in [2.45, 2.75) is 51.9 Å². The Labute approximate surface area is 119 Å². The van der Waals surface area contributed by atoms with Crippen molar-refractivity contribution in [3.05, 3.63) is 0 Å². The molecule has 0 saturated carbocycles. The van der Waals surface area contributed by atoms with Gasteiger partial charge in [-0.3, -0.25) is 4.18 Å². The summed E-state index contributed by atoms with van der Waals surface area (Å²) in [6, 6.07) is 0. The van der Waals surface area contributed by atoms with E-state index in [2.05, 4.69) is 28.1 Å². The number of hydrogen-bond donors (Lipinski definition) is 0. The van der Waals surface area contributed by atoms with Crippen molar-refractivity contribution in [1.82, 2.24) is 0 Å². The molecule has 0 rings (SSSR count). The minimum atomic E-state index is -3.31. The van der Waals surface area contributed by atoms with Crippen molar-refractivity contribution in [3.8, 4) is 0 Å². The number of rotatable bonds is 12. The van der Waals surface area contributed by atoms with Gasteiger partial charge < -0.3 is 4.48 Å². The lowest BCUT2D eigenvalue weighted by Crippen LogP contribution is -2.36. The van der Waals surface area contributed by atoms with Gasteiger partial charge in [-0.25, -0.2) is 0 Å². The second-order valence-corrected chi connectivity index (χ2v) is 7.98. The van der Waals surface area contributed by atoms with Crippen LogP contribution in [0.4, 0.5) is 0 Å². The molecule has 0 amide bonds. The van der Waals surface area contributed by atoms with Crippen molar-refractivity contribution < 1.29 is 17.1 Å². The Morgan fingerprint density at radius 3 is 2.05 bits per heavy atom. The van der Waals surface area contributed by atoms with Crippen LogP contribution in [0.1, 0.15) is 51.9 Å². The SMILES string of the molecule is CCCCCCCCOS(=O)(=O)CCC[N+](C)(C)C. The molecular formula is C14H32NO3S+. The Bertz CT molecular complexity index is 307. The van der Waals surface area contributed by atoms with E-state index in [0.717, 1.165) is 23.9 Å². The average molecular weight is 294 g/mol. The van der Waals surface area contributed by atoms with Crippen LogP contribution in [-0.4, -0.2) is 52.9 Å². The Hall–Kier alpha value is -0.130. The van der Waals surface area contributed by atoms with Gasteiger partial charge in [0.15, 0.2) is 0 Å². The van der Waals surface area contributed by atoms with Gasteiger partial charge in [0.2, 0.25) is 0 Å². The van der Waals surface area contributed by atoms with Crippen LogP contribution in [0.25, 0.3) is 0 Å². The third kappa shape index (κ3) is 14.1. The molecule has 4 nitrogen and oxygen atoms in total. The van der Waals surface area contributed by atoms with E-state index in [1.54, 1.807) is 0 Å². The van der Waals surface area contributed by atoms with Crippen LogP contribution in [0, 0.1) is 0 Å². The zero-order valence-electron chi connectivity index (χ0n) is 13.2. The van der Waals surface area contributed by atoms with Crippen molar-refractivity contribution in [3.63, 3.8) is 0 Å². The molecule has 0 bridgehead atoms. The largest absolute Gasteiger partial charge is 0.331 e. The molecule has 19 heavy (non-hydrogen) atoms. The van der Waals surface area contributed by atoms with Crippen LogP contribution >= 0.6 is 0 Å². The summed E-state index contributed by atoms with van der Waals surface area (Å²) in [5.74, 6) is 0.137. The van der Waals surface area contributed by atoms with Gasteiger partial charge in [0, 0.05) is 6.42 Å². The molecule has 0 heterocycles. The van der Waals surface area contributed by atoms with Crippen molar-refractivity contribution in [1.29, 1.82) is 0 Å². The Balaban J connectivity index is 3.57. The van der Waals surface area contributed by atoms with Crippen LogP contribution in [0.3, 0.4) is 0 Å². The van der Waals surface area contributed by atoms with Gasteiger partial charge in [-0.15, -0.1) is 0 Å². The van der Waals surface area contributed by atoms with Crippen LogP contribution in [0.2, 0.25) is 0 Å². The summed E-state index contributed by atoms with van der Waals surface area (Å²) in [4.78, 5) is 0. The standard InChI is InChI=1S/C14H32NO3S/c1-5-6-7-8-9-10-13-18-19(16,17)14-11-12-15(2,3)4/h5-14H2,1-4H3/q+1. The van der Waals surface area contributed by atoms with Gasteiger partial charge in [0.1, 0.15) is 0 Å². The lowest BCUT2D eigenvalue weighted by Gasteiger charge is -2.23. The summed E-state index contributed by atoms with van der Waals surface area (Å²) in [5, 5.41) is 0. The van der Waals surface area contributed by atoms with Gasteiger partial charge >= 0.3 is 0 Å². The molecule has 0 radical (unpaired) electrons. The van der Waals surface area contributed by atoms with Gasteiger partial charge in [0.25, 0.3) is 10.1 Å². The lowest BCUT2D eigenvalue weighted by atomic mass is 10.1. The Morgan fingerprint density at radius 1 is 0.895 bits per heavy atom. The fourth-order valence-electron chi connectivity index (χ4n) is 1.84. The Morgan fingerprint density at radius 2 is 1.47 bits per heavy atom. The van der Waals surface area contributed by atoms with E-state index in [0.29, 0.717) is 13.0 Å². The normalized spacial score (nSPS) is 12.8. The average Bonchev–Trinajstić information content (AvgIpc) is 2.25. The van der Waals surface area contributed by atoms with Crippen LogP contribution < -0.4 is 0 Å². The van der Waals surface area contributed by atoms with Crippen molar-refractivity contribution in [2.75, 3.05) is 40.0 Å². The van der Waals surface area contributed by atoms with E-state index in [4.69, 9.17) is 4.18 Å². The molecule has 0 aromatic carbocycles. The van der Waals surface area contributed by atoms with Gasteiger partial charge in [-0.1, -0.05) is 39.0 Å². The van der Waals surface area contributed by atoms with E-state index < -0.39 is 10.1 Å². The van der Waals surface area contributed by atoms with E-state index >= 15 is 0 Å². The predicted octanol–water partition coefficient (Wildman–Crippen LogP) is 2.79. The van der Waals surface area contributed by atoms with E-state index in [-0.39, 0.29) is 5.75 Å². The van der Waals surface area contributed by atoms with Crippen LogP contribution in [0.5, 0.6) is 0 Å². The molecule has 0 saturated heterocycles. The molecule has 0 aliphatic rings. The molecule has 0 spiro atoms. The molecule has 0 N–H and O–H groups in total. The lowest BCUT2D eigenvalue weighted by molar-refractivity contribution is -0.870. The predicted molar refractivity (Wildman–Crippen MR) is 80.6 cm³/mol. The zero-order valence-corrected chi connectivity index (χ0v) is 14.0. The van der Waals surface area contributed by atoms with E-state index in [1.807, 2.05) is 0 Å². The highest BCUT2D eigenvalue weighted by molar-refractivity contribution is 7.86. The van der Waals surface area contributed by atoms with Gasteiger partial charge in [-0.05, 0) is 6.42 Å². The second-order valence-electron chi connectivity index (χ2n) is 6.22. The first-order valence-corrected chi connectivity index (χ1v) is 9.02. The van der Waals surface area contributed by atoms with Gasteiger partial charge in [0.05, 0.1) is 40.0 Å². The van der Waals surface area contributed by atoms with Crippen molar-refractivity contribution >= 4 is 10.1 Å². The molecule has 116 valence electrons. The summed E-state index contributed by atoms with van der Waals surface area (Å²) in [7, 11) is 2.87. The first kappa shape index (κ1) is 18.9. The third-order valence-electron chi connectivity index (χ3n) is 2.98. The highest BCUT2D eigenvalue weighted by Gasteiger charge is 2.14. The summed E-state index contributed by atoms with van der Waals surface area (Å²) in [6.07, 6.45) is 7.49. The summed E-state index contributed by atoms with van der Waals surface area (Å²) >= 11 is 0. The molecular weight excluding hydrogens is 262 g/mol. The molecule has 0 aromatic rings. The molecule has 0 unspecified atom stereocenters. The highest BCUT2D eigenvalue weighted by Crippen LogP contribution is 2.07. The summed E-state index contributed by atoms with van der Waals surface area (Å²) < 4.78 is 29.0. The van der Waals surface area contributed by atoms with Crippen LogP contribution in [0.15, 0.2) is 0 Å². The topological polar surface area (TPSA) is 43.4 Å². The number of nitrogens with zero attached hydrogens (tertiary/aromatic N) is 1. The minimum Gasteiger partial charge on any atom is -0.331 e. The summed E-state index contributed by atoms with van der Waals surface area (Å²) in [5.41, 5.74) is 0. The first-order chi connectivity index (χ1) is 8.77. The number of hydrogen-bond acceptors (Lipinski definition) is 3. The highest BCUT2D eigenvalue weighted by atomic mass is 32.2. The third-order valence-corrected chi connectivity index (χ3v) is 4.30. The molecule has 0 aromatic heterocycles. The number of quaternary nitrogens is 1. The van der Waals surface area contributed by atoms with Crippen LogP contribution in [-0.2, 0) is 14.3 Å². The fraction of sp³-hybridized carbons (Fsp3) is 1.00. The molecule has 0 aliphatic heterocycles. The maximum absolute atomic E-state index is 11.6. The molecule has 0 aliphatic carbocycles. The molecule has 0 fully saturated rings. The zero-order chi connectivity index (χ0) is 14.8.